The molecule has 1 aliphatic heterocycles. The third-order valence-electron chi connectivity index (χ3n) is 2.10. The third kappa shape index (κ3) is 1.50. The van der Waals surface area contributed by atoms with Crippen molar-refractivity contribution in [3.8, 4) is 0 Å². The first-order chi connectivity index (χ1) is 6.66. The number of hydrogen-bond acceptors (Lipinski definition) is 4. The second-order valence-corrected chi connectivity index (χ2v) is 3.21. The summed E-state index contributed by atoms with van der Waals surface area (Å²) in [4.78, 5) is 27.7. The Labute approximate surface area is 80.3 Å². The lowest BCUT2D eigenvalue weighted by atomic mass is 10.4. The number of carbonyl (C=O) groups is 2. The van der Waals surface area contributed by atoms with Gasteiger partial charge in [-0.05, 0) is 6.92 Å². The van der Waals surface area contributed by atoms with Gasteiger partial charge in [0.2, 0.25) is 11.8 Å². The van der Waals surface area contributed by atoms with Gasteiger partial charge >= 0.3 is 0 Å². The van der Waals surface area contributed by atoms with Crippen molar-refractivity contribution in [2.45, 2.75) is 26.3 Å². The van der Waals surface area contributed by atoms with Crippen LogP contribution in [0.4, 0.5) is 0 Å². The van der Waals surface area contributed by atoms with E-state index in [0.717, 1.165) is 0 Å². The van der Waals surface area contributed by atoms with Crippen LogP contribution < -0.4 is 0 Å². The van der Waals surface area contributed by atoms with E-state index in [9.17, 15) is 9.59 Å². The number of imide groups is 1. The molecule has 6 nitrogen and oxygen atoms in total. The van der Waals surface area contributed by atoms with Crippen molar-refractivity contribution in [1.29, 1.82) is 0 Å². The first-order valence-corrected chi connectivity index (χ1v) is 4.38. The molecule has 1 aliphatic rings. The van der Waals surface area contributed by atoms with Gasteiger partial charge in [-0.25, -0.2) is 4.98 Å². The molecule has 6 heteroatoms. The second kappa shape index (κ2) is 3.21. The van der Waals surface area contributed by atoms with Gasteiger partial charge in [-0.2, -0.15) is 5.10 Å². The minimum Gasteiger partial charge on any atom is -0.275 e. The van der Waals surface area contributed by atoms with E-state index in [-0.39, 0.29) is 18.4 Å². The fraction of sp³-hybridized carbons (Fsp3) is 0.500. The van der Waals surface area contributed by atoms with Crippen molar-refractivity contribution in [2.75, 3.05) is 0 Å². The van der Waals surface area contributed by atoms with E-state index < -0.39 is 0 Å². The van der Waals surface area contributed by atoms with Gasteiger partial charge in [0.25, 0.3) is 0 Å². The Morgan fingerprint density at radius 2 is 2.00 bits per heavy atom. The summed E-state index contributed by atoms with van der Waals surface area (Å²) in [5.41, 5.74) is 0. The van der Waals surface area contributed by atoms with Gasteiger partial charge in [-0.15, -0.1) is 0 Å². The number of aromatic nitrogens is 3. The number of rotatable bonds is 2. The molecule has 14 heavy (non-hydrogen) atoms. The van der Waals surface area contributed by atoms with Crippen molar-refractivity contribution in [1.82, 2.24) is 20.1 Å². The highest BCUT2D eigenvalue weighted by molar-refractivity contribution is 6.01. The van der Waals surface area contributed by atoms with E-state index in [1.165, 1.54) is 4.90 Å². The first kappa shape index (κ1) is 8.86. The van der Waals surface area contributed by atoms with Crippen molar-refractivity contribution < 1.29 is 9.59 Å². The minimum absolute atomic E-state index is 0.141. The van der Waals surface area contributed by atoms with Crippen molar-refractivity contribution in [3.05, 3.63) is 11.6 Å². The van der Waals surface area contributed by atoms with Crippen LogP contribution in [-0.4, -0.2) is 31.9 Å². The zero-order valence-electron chi connectivity index (χ0n) is 7.78. The van der Waals surface area contributed by atoms with Crippen LogP contribution in [0.5, 0.6) is 0 Å². The highest BCUT2D eigenvalue weighted by atomic mass is 16.2. The number of nitrogens with zero attached hydrogens (tertiary/aromatic N) is 3. The largest absolute Gasteiger partial charge is 0.275 e. The van der Waals surface area contributed by atoms with Crippen LogP contribution in [-0.2, 0) is 16.1 Å². The van der Waals surface area contributed by atoms with Crippen molar-refractivity contribution in [2.24, 2.45) is 0 Å². The Hall–Kier alpha value is -1.72. The average molecular weight is 194 g/mol. The predicted molar refractivity (Wildman–Crippen MR) is 45.9 cm³/mol. The van der Waals surface area contributed by atoms with Gasteiger partial charge < -0.3 is 0 Å². The fourth-order valence-electron chi connectivity index (χ4n) is 1.40. The lowest BCUT2D eigenvalue weighted by molar-refractivity contribution is -0.139. The van der Waals surface area contributed by atoms with Crippen molar-refractivity contribution in [3.63, 3.8) is 0 Å². The normalized spacial score (nSPS) is 16.8. The smallest absolute Gasteiger partial charge is 0.230 e. The molecule has 0 aliphatic carbocycles. The molecule has 1 saturated heterocycles. The van der Waals surface area contributed by atoms with E-state index in [0.29, 0.717) is 24.5 Å². The zero-order chi connectivity index (χ0) is 10.1. The maximum Gasteiger partial charge on any atom is 0.230 e. The lowest BCUT2D eigenvalue weighted by Crippen LogP contribution is -2.28. The molecule has 2 rings (SSSR count). The van der Waals surface area contributed by atoms with Crippen LogP contribution in [0.2, 0.25) is 0 Å². The van der Waals surface area contributed by atoms with Gasteiger partial charge in [0.05, 0.1) is 6.54 Å². The van der Waals surface area contributed by atoms with Gasteiger partial charge in [0.15, 0.2) is 5.82 Å². The minimum atomic E-state index is -0.141. The second-order valence-electron chi connectivity index (χ2n) is 3.21. The molecule has 2 amide bonds. The molecule has 1 fully saturated rings. The molecule has 0 saturated carbocycles. The van der Waals surface area contributed by atoms with Crippen LogP contribution in [0.1, 0.15) is 24.5 Å². The number of nitrogens with one attached hydrogen (secondary N) is 1. The molecule has 0 unspecified atom stereocenters. The number of aromatic amines is 1. The average Bonchev–Trinajstić information content (AvgIpc) is 2.67. The first-order valence-electron chi connectivity index (χ1n) is 4.38. The molecule has 0 bridgehead atoms. The summed E-state index contributed by atoms with van der Waals surface area (Å²) in [5, 5.41) is 6.53. The number of carbonyl (C=O) groups excluding carboxylic acids is 2. The highest BCUT2D eigenvalue weighted by Crippen LogP contribution is 2.13. The third-order valence-corrected chi connectivity index (χ3v) is 2.10. The van der Waals surface area contributed by atoms with Gasteiger partial charge in [-0.1, -0.05) is 0 Å². The summed E-state index contributed by atoms with van der Waals surface area (Å²) in [6.45, 7) is 1.95. The quantitative estimate of drug-likeness (QED) is 0.659. The Bertz CT molecular complexity index is 368. The van der Waals surface area contributed by atoms with Gasteiger partial charge in [0, 0.05) is 12.8 Å². The summed E-state index contributed by atoms with van der Waals surface area (Å²) in [6, 6.07) is 0. The number of likely N-dealkylation sites (tertiary alicyclic amines) is 1. The zero-order valence-corrected chi connectivity index (χ0v) is 7.78. The van der Waals surface area contributed by atoms with Crippen molar-refractivity contribution >= 4 is 11.8 Å². The molecular weight excluding hydrogens is 184 g/mol. The molecule has 2 heterocycles. The van der Waals surface area contributed by atoms with E-state index in [4.69, 9.17) is 0 Å². The van der Waals surface area contributed by atoms with Gasteiger partial charge in [0.1, 0.15) is 5.82 Å². The summed E-state index contributed by atoms with van der Waals surface area (Å²) < 4.78 is 0. The standard InChI is InChI=1S/C8H10N4O2/c1-5-9-6(11-10-5)4-12-7(13)2-3-8(12)14/h2-4H2,1H3,(H,9,10,11). The SMILES string of the molecule is Cc1nc(CN2C(=O)CCC2=O)n[nH]1. The molecule has 74 valence electrons. The number of amides is 2. The molecular formula is C8H10N4O2. The van der Waals surface area contributed by atoms with Gasteiger partial charge in [-0.3, -0.25) is 19.6 Å². The molecule has 1 N–H and O–H groups in total. The molecule has 1 aromatic heterocycles. The Morgan fingerprint density at radius 1 is 1.36 bits per heavy atom. The summed E-state index contributed by atoms with van der Waals surface area (Å²) in [7, 11) is 0. The van der Waals surface area contributed by atoms with E-state index in [1.807, 2.05) is 0 Å². The molecule has 0 radical (unpaired) electrons. The number of hydrogen-bond donors (Lipinski definition) is 1. The fourth-order valence-corrected chi connectivity index (χ4v) is 1.40. The maximum atomic E-state index is 11.2. The van der Waals surface area contributed by atoms with Crippen LogP contribution in [0.25, 0.3) is 0 Å². The highest BCUT2D eigenvalue weighted by Gasteiger charge is 2.29. The topological polar surface area (TPSA) is 79.0 Å². The Morgan fingerprint density at radius 3 is 2.50 bits per heavy atom. The lowest BCUT2D eigenvalue weighted by Gasteiger charge is -2.09. The van der Waals surface area contributed by atoms with E-state index >= 15 is 0 Å². The molecule has 1 aromatic rings. The predicted octanol–water partition coefficient (Wildman–Crippen LogP) is -0.238. The summed E-state index contributed by atoms with van der Waals surface area (Å²) >= 11 is 0. The van der Waals surface area contributed by atoms with E-state index in [1.54, 1.807) is 6.92 Å². The summed E-state index contributed by atoms with van der Waals surface area (Å²) in [6.07, 6.45) is 0.616. The Balaban J connectivity index is 2.10. The van der Waals surface area contributed by atoms with E-state index in [2.05, 4.69) is 15.2 Å². The Kier molecular flexibility index (Phi) is 2.03. The van der Waals surface area contributed by atoms with Crippen LogP contribution in [0.15, 0.2) is 0 Å². The monoisotopic (exact) mass is 194 g/mol. The van der Waals surface area contributed by atoms with Crippen LogP contribution >= 0.6 is 0 Å². The maximum absolute atomic E-state index is 11.2. The van der Waals surface area contributed by atoms with Crippen LogP contribution in [0.3, 0.4) is 0 Å². The molecule has 0 aromatic carbocycles. The number of aryl methyl sites for hydroxylation is 1. The molecule has 0 spiro atoms. The molecule has 0 atom stereocenters. The summed E-state index contributed by atoms with van der Waals surface area (Å²) in [5.74, 6) is 0.875. The van der Waals surface area contributed by atoms with Crippen LogP contribution in [0, 0.1) is 6.92 Å². The number of H-pyrrole nitrogens is 1.